The average Bonchev–Trinajstić information content (AvgIpc) is 3.13. The zero-order chi connectivity index (χ0) is 11.7. The molecule has 1 aromatic heterocycles. The molecule has 92 valence electrons. The van der Waals surface area contributed by atoms with Crippen molar-refractivity contribution in [1.29, 1.82) is 0 Å². The summed E-state index contributed by atoms with van der Waals surface area (Å²) in [7, 11) is 0. The molecule has 3 rings (SSSR count). The number of halogens is 1. The Hall–Kier alpha value is -0.870. The zero-order valence-corrected chi connectivity index (χ0v) is 10.4. The van der Waals surface area contributed by atoms with E-state index < -0.39 is 0 Å². The molecule has 1 saturated heterocycles. The maximum atomic E-state index is 5.81. The Morgan fingerprint density at radius 1 is 1.29 bits per heavy atom. The molecule has 0 spiro atoms. The normalized spacial score (nSPS) is 29.0. The fraction of sp³-hybridized carbons (Fsp3) is 0.667. The van der Waals surface area contributed by atoms with Gasteiger partial charge in [0.2, 0.25) is 0 Å². The van der Waals surface area contributed by atoms with Gasteiger partial charge in [-0.15, -0.1) is 0 Å². The van der Waals surface area contributed by atoms with Crippen molar-refractivity contribution in [3.8, 4) is 0 Å². The van der Waals surface area contributed by atoms with Crippen LogP contribution in [0, 0.1) is 5.92 Å². The van der Waals surface area contributed by atoms with E-state index in [0.29, 0.717) is 17.3 Å². The molecule has 1 aliphatic carbocycles. The Morgan fingerprint density at radius 3 is 2.94 bits per heavy atom. The Bertz CT molecular complexity index is 397. The predicted octanol–water partition coefficient (Wildman–Crippen LogP) is 2.50. The highest BCUT2D eigenvalue weighted by Gasteiger charge is 2.35. The van der Waals surface area contributed by atoms with Crippen LogP contribution in [0.2, 0.25) is 5.15 Å². The van der Waals surface area contributed by atoms with E-state index in [2.05, 4.69) is 15.3 Å². The Labute approximate surface area is 106 Å². The quantitative estimate of drug-likeness (QED) is 0.899. The number of hydrogen-bond donors (Lipinski definition) is 1. The largest absolute Gasteiger partial charge is 0.378 e. The highest BCUT2D eigenvalue weighted by molar-refractivity contribution is 6.29. The molecule has 0 aromatic carbocycles. The van der Waals surface area contributed by atoms with Gasteiger partial charge >= 0.3 is 0 Å². The SMILES string of the molecule is Clc1cncc(NC2CCOC(C3CC3)C2)n1. The van der Waals surface area contributed by atoms with Crippen LogP contribution < -0.4 is 5.32 Å². The fourth-order valence-electron chi connectivity index (χ4n) is 2.38. The Kier molecular flexibility index (Phi) is 3.16. The van der Waals surface area contributed by atoms with Crippen LogP contribution >= 0.6 is 11.6 Å². The summed E-state index contributed by atoms with van der Waals surface area (Å²) in [6, 6.07) is 0.433. The van der Waals surface area contributed by atoms with Crippen LogP contribution in [0.15, 0.2) is 12.4 Å². The van der Waals surface area contributed by atoms with E-state index >= 15 is 0 Å². The molecule has 0 amide bonds. The summed E-state index contributed by atoms with van der Waals surface area (Å²) in [6.45, 7) is 0.840. The maximum Gasteiger partial charge on any atom is 0.149 e. The van der Waals surface area contributed by atoms with Crippen LogP contribution in [0.3, 0.4) is 0 Å². The molecule has 17 heavy (non-hydrogen) atoms. The van der Waals surface area contributed by atoms with Gasteiger partial charge in [0, 0.05) is 12.6 Å². The lowest BCUT2D eigenvalue weighted by atomic mass is 10.0. The van der Waals surface area contributed by atoms with Crippen LogP contribution in [0.4, 0.5) is 5.82 Å². The van der Waals surface area contributed by atoms with Gasteiger partial charge < -0.3 is 10.1 Å². The van der Waals surface area contributed by atoms with Crippen molar-refractivity contribution in [2.45, 2.75) is 37.8 Å². The average molecular weight is 254 g/mol. The van der Waals surface area contributed by atoms with E-state index in [1.165, 1.54) is 12.8 Å². The molecule has 1 N–H and O–H groups in total. The summed E-state index contributed by atoms with van der Waals surface area (Å²) in [6.07, 6.45) is 8.45. The van der Waals surface area contributed by atoms with Gasteiger partial charge in [-0.3, -0.25) is 4.98 Å². The molecule has 2 heterocycles. The second-order valence-electron chi connectivity index (χ2n) is 4.84. The lowest BCUT2D eigenvalue weighted by Gasteiger charge is -2.30. The van der Waals surface area contributed by atoms with E-state index in [9.17, 15) is 0 Å². The van der Waals surface area contributed by atoms with E-state index in [-0.39, 0.29) is 0 Å². The summed E-state index contributed by atoms with van der Waals surface area (Å²) >= 11 is 5.81. The van der Waals surface area contributed by atoms with Gasteiger partial charge in [-0.2, -0.15) is 0 Å². The standard InChI is InChI=1S/C12H16ClN3O/c13-11-6-14-7-12(16-11)15-9-3-4-17-10(5-9)8-1-2-8/h6-10H,1-5H2,(H,15,16). The van der Waals surface area contributed by atoms with Gasteiger partial charge in [0.1, 0.15) is 11.0 Å². The number of ether oxygens (including phenoxy) is 1. The van der Waals surface area contributed by atoms with Crippen molar-refractivity contribution in [3.05, 3.63) is 17.5 Å². The minimum atomic E-state index is 0.431. The van der Waals surface area contributed by atoms with Gasteiger partial charge in [0.15, 0.2) is 0 Å². The van der Waals surface area contributed by atoms with Crippen LogP contribution in [0.1, 0.15) is 25.7 Å². The topological polar surface area (TPSA) is 47.0 Å². The molecule has 1 aromatic rings. The van der Waals surface area contributed by atoms with Gasteiger partial charge in [0.25, 0.3) is 0 Å². The molecule has 0 radical (unpaired) electrons. The van der Waals surface area contributed by atoms with Crippen molar-refractivity contribution in [3.63, 3.8) is 0 Å². The smallest absolute Gasteiger partial charge is 0.149 e. The van der Waals surface area contributed by atoms with E-state index in [4.69, 9.17) is 16.3 Å². The molecule has 0 bridgehead atoms. The van der Waals surface area contributed by atoms with Crippen LogP contribution in [0.5, 0.6) is 0 Å². The monoisotopic (exact) mass is 253 g/mol. The zero-order valence-electron chi connectivity index (χ0n) is 9.60. The van der Waals surface area contributed by atoms with Crippen molar-refractivity contribution in [2.24, 2.45) is 5.92 Å². The number of rotatable bonds is 3. The lowest BCUT2D eigenvalue weighted by molar-refractivity contribution is -0.00223. The molecule has 5 heteroatoms. The maximum absolute atomic E-state index is 5.81. The molecule has 4 nitrogen and oxygen atoms in total. The number of aromatic nitrogens is 2. The van der Waals surface area contributed by atoms with Crippen molar-refractivity contribution in [2.75, 3.05) is 11.9 Å². The highest BCUT2D eigenvalue weighted by atomic mass is 35.5. The van der Waals surface area contributed by atoms with Crippen molar-refractivity contribution in [1.82, 2.24) is 9.97 Å². The Balaban J connectivity index is 1.60. The molecular formula is C12H16ClN3O. The van der Waals surface area contributed by atoms with Gasteiger partial charge in [0.05, 0.1) is 18.5 Å². The van der Waals surface area contributed by atoms with Crippen LogP contribution in [-0.4, -0.2) is 28.7 Å². The van der Waals surface area contributed by atoms with E-state index in [1.807, 2.05) is 0 Å². The summed E-state index contributed by atoms with van der Waals surface area (Å²) in [5.74, 6) is 1.56. The third-order valence-electron chi connectivity index (χ3n) is 3.42. The van der Waals surface area contributed by atoms with Gasteiger partial charge in [-0.25, -0.2) is 4.98 Å². The molecule has 2 aliphatic rings. The summed E-state index contributed by atoms with van der Waals surface area (Å²) in [5.41, 5.74) is 0. The molecule has 2 fully saturated rings. The Morgan fingerprint density at radius 2 is 2.18 bits per heavy atom. The molecule has 2 unspecified atom stereocenters. The predicted molar refractivity (Wildman–Crippen MR) is 66.2 cm³/mol. The third kappa shape index (κ3) is 2.87. The number of anilines is 1. The summed E-state index contributed by atoms with van der Waals surface area (Å²) < 4.78 is 5.79. The van der Waals surface area contributed by atoms with Crippen LogP contribution in [-0.2, 0) is 4.74 Å². The van der Waals surface area contributed by atoms with E-state index in [1.54, 1.807) is 12.4 Å². The molecule has 1 aliphatic heterocycles. The molecule has 1 saturated carbocycles. The molecular weight excluding hydrogens is 238 g/mol. The van der Waals surface area contributed by atoms with Gasteiger partial charge in [-0.05, 0) is 31.6 Å². The summed E-state index contributed by atoms with van der Waals surface area (Å²) in [4.78, 5) is 8.23. The van der Waals surface area contributed by atoms with Gasteiger partial charge in [-0.1, -0.05) is 11.6 Å². The highest BCUT2D eigenvalue weighted by Crippen LogP contribution is 2.38. The van der Waals surface area contributed by atoms with E-state index in [0.717, 1.165) is 31.2 Å². The first-order valence-corrected chi connectivity index (χ1v) is 6.55. The summed E-state index contributed by atoms with van der Waals surface area (Å²) in [5, 5.41) is 3.83. The minimum Gasteiger partial charge on any atom is -0.378 e. The molecule has 2 atom stereocenters. The van der Waals surface area contributed by atoms with Crippen LogP contribution in [0.25, 0.3) is 0 Å². The third-order valence-corrected chi connectivity index (χ3v) is 3.60. The second-order valence-corrected chi connectivity index (χ2v) is 5.23. The van der Waals surface area contributed by atoms with Crippen molar-refractivity contribution < 1.29 is 4.74 Å². The number of hydrogen-bond acceptors (Lipinski definition) is 4. The first-order chi connectivity index (χ1) is 8.31. The fourth-order valence-corrected chi connectivity index (χ4v) is 2.52. The lowest BCUT2D eigenvalue weighted by Crippen LogP contribution is -2.35. The first kappa shape index (κ1) is 11.2. The first-order valence-electron chi connectivity index (χ1n) is 6.17. The minimum absolute atomic E-state index is 0.431. The van der Waals surface area contributed by atoms with Crippen molar-refractivity contribution >= 4 is 17.4 Å². The number of nitrogens with one attached hydrogen (secondary N) is 1. The second kappa shape index (κ2) is 4.78. The number of nitrogens with zero attached hydrogens (tertiary/aromatic N) is 2.